The van der Waals surface area contributed by atoms with Gasteiger partial charge in [0.2, 0.25) is 0 Å². The van der Waals surface area contributed by atoms with E-state index >= 15 is 0 Å². The molecule has 0 fully saturated rings. The summed E-state index contributed by atoms with van der Waals surface area (Å²) < 4.78 is 7.47. The van der Waals surface area contributed by atoms with E-state index < -0.39 is 5.54 Å². The van der Waals surface area contributed by atoms with E-state index in [0.717, 1.165) is 33.6 Å². The number of hydrogen-bond donors (Lipinski definition) is 2. The van der Waals surface area contributed by atoms with Crippen molar-refractivity contribution in [2.75, 3.05) is 5.32 Å². The lowest BCUT2D eigenvalue weighted by atomic mass is 9.93. The largest absolute Gasteiger partial charge is 0.422 e. The van der Waals surface area contributed by atoms with E-state index in [4.69, 9.17) is 10.5 Å². The van der Waals surface area contributed by atoms with Crippen molar-refractivity contribution < 1.29 is 9.53 Å². The Morgan fingerprint density at radius 2 is 1.71 bits per heavy atom. The minimum Gasteiger partial charge on any atom is -0.422 e. The van der Waals surface area contributed by atoms with E-state index in [1.54, 1.807) is 12.4 Å². The molecule has 6 heteroatoms. The van der Waals surface area contributed by atoms with Gasteiger partial charge in [-0.1, -0.05) is 54.6 Å². The molecule has 0 bridgehead atoms. The highest BCUT2D eigenvalue weighted by atomic mass is 16.5. The van der Waals surface area contributed by atoms with Crippen molar-refractivity contribution in [3.8, 4) is 17.0 Å². The summed E-state index contributed by atoms with van der Waals surface area (Å²) in [6.45, 7) is 3.93. The van der Waals surface area contributed by atoms with Crippen molar-refractivity contribution in [2.24, 2.45) is 12.8 Å². The Kier molecular flexibility index (Phi) is 5.30. The fourth-order valence-corrected chi connectivity index (χ4v) is 4.04. The molecular formula is C28H26N4O2. The third kappa shape index (κ3) is 4.11. The van der Waals surface area contributed by atoms with Crippen molar-refractivity contribution in [2.45, 2.75) is 19.4 Å². The van der Waals surface area contributed by atoms with Crippen molar-refractivity contribution in [1.82, 2.24) is 9.55 Å². The number of carbonyl (C=O) groups excluding carboxylic acids is 1. The van der Waals surface area contributed by atoms with Gasteiger partial charge in [0.05, 0.1) is 23.3 Å². The number of para-hydroxylation sites is 1. The molecule has 0 amide bonds. The Morgan fingerprint density at radius 3 is 2.35 bits per heavy atom. The van der Waals surface area contributed by atoms with Crippen LogP contribution >= 0.6 is 0 Å². The lowest BCUT2D eigenvalue weighted by Crippen LogP contribution is -2.28. The summed E-state index contributed by atoms with van der Waals surface area (Å²) in [5, 5.41) is 3.47. The van der Waals surface area contributed by atoms with Crippen LogP contribution in [0.25, 0.3) is 22.5 Å². The predicted molar refractivity (Wildman–Crippen MR) is 135 cm³/mol. The van der Waals surface area contributed by atoms with Crippen LogP contribution in [0.15, 0.2) is 85.3 Å². The molecule has 1 aliphatic heterocycles. The van der Waals surface area contributed by atoms with Gasteiger partial charge in [-0.2, -0.15) is 0 Å². The van der Waals surface area contributed by atoms with E-state index in [0.29, 0.717) is 17.0 Å². The van der Waals surface area contributed by atoms with E-state index in [2.05, 4.69) is 10.3 Å². The minimum atomic E-state index is -0.459. The van der Waals surface area contributed by atoms with Crippen LogP contribution in [0.2, 0.25) is 0 Å². The second kappa shape index (κ2) is 8.32. The van der Waals surface area contributed by atoms with Crippen LogP contribution in [0.1, 0.15) is 30.5 Å². The molecule has 2 heterocycles. The molecule has 1 aliphatic rings. The van der Waals surface area contributed by atoms with Gasteiger partial charge in [-0.3, -0.25) is 0 Å². The van der Waals surface area contributed by atoms with Gasteiger partial charge in [-0.05, 0) is 43.2 Å². The molecule has 3 N–H and O–H groups in total. The number of ether oxygens (including phenoxy) is 1. The van der Waals surface area contributed by atoms with Gasteiger partial charge in [0.1, 0.15) is 5.75 Å². The highest BCUT2D eigenvalue weighted by Gasteiger charge is 2.30. The molecule has 0 saturated heterocycles. The topological polar surface area (TPSA) is 82.2 Å². The van der Waals surface area contributed by atoms with Crippen LogP contribution in [0, 0.1) is 0 Å². The monoisotopic (exact) mass is 450 g/mol. The summed E-state index contributed by atoms with van der Waals surface area (Å²) in [4.78, 5) is 17.4. The lowest BCUT2D eigenvalue weighted by Gasteiger charge is -2.20. The van der Waals surface area contributed by atoms with Crippen LogP contribution < -0.4 is 15.8 Å². The van der Waals surface area contributed by atoms with Crippen molar-refractivity contribution >= 4 is 22.9 Å². The first-order valence-electron chi connectivity index (χ1n) is 11.1. The molecule has 170 valence electrons. The summed E-state index contributed by atoms with van der Waals surface area (Å²) in [7, 11) is 1.94. The highest BCUT2D eigenvalue weighted by Crippen LogP contribution is 2.39. The number of nitrogens with zero attached hydrogens (tertiary/aromatic N) is 2. The predicted octanol–water partition coefficient (Wildman–Crippen LogP) is 5.18. The number of rotatable bonds is 5. The molecule has 6 nitrogen and oxygen atoms in total. The zero-order valence-corrected chi connectivity index (χ0v) is 19.4. The fraction of sp³-hybridized carbons (Fsp3) is 0.143. The molecule has 0 unspecified atom stereocenters. The average molecular weight is 451 g/mol. The van der Waals surface area contributed by atoms with Gasteiger partial charge in [0, 0.05) is 35.6 Å². The Morgan fingerprint density at radius 1 is 1.00 bits per heavy atom. The number of imidazole rings is 1. The molecule has 0 saturated carbocycles. The van der Waals surface area contributed by atoms with Crippen LogP contribution in [0.4, 0.5) is 5.69 Å². The van der Waals surface area contributed by atoms with E-state index in [1.165, 1.54) is 0 Å². The third-order valence-corrected chi connectivity index (χ3v) is 5.89. The van der Waals surface area contributed by atoms with Gasteiger partial charge >= 0.3 is 5.97 Å². The SMILES string of the molecule is Cn1cnc(-c2ccc(N/C(=C3\C(=O)Oc4ccccc43)c3ccc(C(C)(C)N)cc3)cc2)c1. The molecular weight excluding hydrogens is 424 g/mol. The number of fused-ring (bicyclic) bond motifs is 1. The molecule has 1 aromatic heterocycles. The summed E-state index contributed by atoms with van der Waals surface area (Å²) in [5.41, 5.74) is 12.4. The first-order chi connectivity index (χ1) is 16.3. The van der Waals surface area contributed by atoms with Gasteiger partial charge in [-0.25, -0.2) is 9.78 Å². The fourth-order valence-electron chi connectivity index (χ4n) is 4.04. The van der Waals surface area contributed by atoms with Crippen molar-refractivity contribution in [1.29, 1.82) is 0 Å². The summed E-state index contributed by atoms with van der Waals surface area (Å²) in [6, 6.07) is 23.4. The van der Waals surface area contributed by atoms with Gasteiger partial charge in [-0.15, -0.1) is 0 Å². The average Bonchev–Trinajstić information content (AvgIpc) is 3.40. The zero-order chi connectivity index (χ0) is 23.9. The van der Waals surface area contributed by atoms with Gasteiger partial charge < -0.3 is 20.4 Å². The Labute approximate surface area is 198 Å². The lowest BCUT2D eigenvalue weighted by molar-refractivity contribution is -0.126. The second-order valence-corrected chi connectivity index (χ2v) is 9.06. The molecule has 0 radical (unpaired) electrons. The van der Waals surface area contributed by atoms with Gasteiger partial charge in [0.15, 0.2) is 0 Å². The maximum Gasteiger partial charge on any atom is 0.346 e. The number of hydrogen-bond acceptors (Lipinski definition) is 5. The molecule has 5 rings (SSSR count). The number of aryl methyl sites for hydroxylation is 1. The molecule has 0 atom stereocenters. The quantitative estimate of drug-likeness (QED) is 0.249. The number of benzene rings is 3. The van der Waals surface area contributed by atoms with E-state index in [9.17, 15) is 4.79 Å². The standard InChI is InChI=1S/C28H26N4O2/c1-28(2,29)20-12-8-19(9-13-20)26(25-22-6-4-5-7-24(22)34-27(25)33)31-21-14-10-18(11-15-21)23-16-32(3)17-30-23/h4-17,31H,29H2,1-3H3/b26-25-. The number of esters is 1. The number of nitrogens with two attached hydrogens (primary N) is 1. The van der Waals surface area contributed by atoms with Crippen LogP contribution in [-0.2, 0) is 17.4 Å². The highest BCUT2D eigenvalue weighted by molar-refractivity contribution is 6.29. The van der Waals surface area contributed by atoms with Crippen molar-refractivity contribution in [3.63, 3.8) is 0 Å². The van der Waals surface area contributed by atoms with Gasteiger partial charge in [0.25, 0.3) is 0 Å². The normalized spacial score (nSPS) is 14.5. The van der Waals surface area contributed by atoms with Crippen molar-refractivity contribution in [3.05, 3.63) is 102 Å². The molecule has 34 heavy (non-hydrogen) atoms. The Balaban J connectivity index is 1.57. The van der Waals surface area contributed by atoms with E-state index in [1.807, 2.05) is 98.4 Å². The molecule has 3 aromatic carbocycles. The summed E-state index contributed by atoms with van der Waals surface area (Å²) in [6.07, 6.45) is 3.75. The van der Waals surface area contributed by atoms with Crippen LogP contribution in [0.5, 0.6) is 5.75 Å². The number of aromatic nitrogens is 2. The number of carbonyl (C=O) groups is 1. The number of nitrogens with one attached hydrogen (secondary N) is 1. The Hall–Kier alpha value is -4.16. The summed E-state index contributed by atoms with van der Waals surface area (Å²) >= 11 is 0. The molecule has 0 aliphatic carbocycles. The minimum absolute atomic E-state index is 0.378. The van der Waals surface area contributed by atoms with E-state index in [-0.39, 0.29) is 5.97 Å². The molecule has 0 spiro atoms. The smallest absolute Gasteiger partial charge is 0.346 e. The van der Waals surface area contributed by atoms with Crippen LogP contribution in [0.3, 0.4) is 0 Å². The maximum absolute atomic E-state index is 13.0. The molecule has 4 aromatic rings. The zero-order valence-electron chi connectivity index (χ0n) is 19.4. The maximum atomic E-state index is 13.0. The number of anilines is 1. The summed E-state index contributed by atoms with van der Waals surface area (Å²) in [5.74, 6) is 0.184. The second-order valence-electron chi connectivity index (χ2n) is 9.06. The first-order valence-corrected chi connectivity index (χ1v) is 11.1. The van der Waals surface area contributed by atoms with Crippen LogP contribution in [-0.4, -0.2) is 15.5 Å². The first kappa shape index (κ1) is 21.7. The Bertz CT molecular complexity index is 1390. The third-order valence-electron chi connectivity index (χ3n) is 5.89.